The minimum Gasteiger partial charge on any atom is -0.469 e. The number of fused-ring (bicyclic) bond motifs is 3. The zero-order valence-corrected chi connectivity index (χ0v) is 18.6. The van der Waals surface area contributed by atoms with Gasteiger partial charge in [-0.15, -0.1) is 6.58 Å². The summed E-state index contributed by atoms with van der Waals surface area (Å²) in [5, 5.41) is 12.0. The maximum Gasteiger partial charge on any atom is 0.317 e. The van der Waals surface area contributed by atoms with Crippen LogP contribution in [-0.2, 0) is 19.1 Å². The van der Waals surface area contributed by atoms with Crippen LogP contribution in [0.3, 0.4) is 0 Å². The molecule has 1 N–H and O–H groups in total. The lowest BCUT2D eigenvalue weighted by atomic mass is 9.41. The van der Waals surface area contributed by atoms with E-state index in [1.165, 1.54) is 7.11 Å². The first-order valence-electron chi connectivity index (χ1n) is 11.1. The van der Waals surface area contributed by atoms with Gasteiger partial charge in [0, 0.05) is 10.8 Å². The van der Waals surface area contributed by atoms with Gasteiger partial charge in [-0.1, -0.05) is 33.3 Å². The SMILES string of the molecule is C=C[C@]1(C)CC[C@@]2(O)[C@@H](CC[C@H]3[C@@](C)(COC(=O)CC(=O)OC)CCC[C@@]32C)C1. The van der Waals surface area contributed by atoms with Crippen molar-refractivity contribution < 1.29 is 24.2 Å². The van der Waals surface area contributed by atoms with E-state index in [-0.39, 0.29) is 22.7 Å². The molecule has 0 unspecified atom stereocenters. The maximum atomic E-state index is 12.1. The Balaban J connectivity index is 1.78. The molecule has 3 aliphatic carbocycles. The van der Waals surface area contributed by atoms with E-state index in [4.69, 9.17) is 4.74 Å². The predicted octanol–water partition coefficient (Wildman–Crippen LogP) is 4.42. The van der Waals surface area contributed by atoms with E-state index in [0.29, 0.717) is 18.4 Å². The Hall–Kier alpha value is -1.36. The van der Waals surface area contributed by atoms with Crippen LogP contribution in [0, 0.1) is 28.1 Å². The molecule has 6 atom stereocenters. The summed E-state index contributed by atoms with van der Waals surface area (Å²) in [7, 11) is 1.27. The highest BCUT2D eigenvalue weighted by Crippen LogP contribution is 2.67. The Kier molecular flexibility index (Phi) is 5.94. The zero-order chi connectivity index (χ0) is 21.5. The van der Waals surface area contributed by atoms with E-state index in [2.05, 4.69) is 38.2 Å². The lowest BCUT2D eigenvalue weighted by Crippen LogP contribution is -2.65. The summed E-state index contributed by atoms with van der Waals surface area (Å²) in [5.41, 5.74) is -0.920. The summed E-state index contributed by atoms with van der Waals surface area (Å²) in [5.74, 6) is -0.512. The molecule has 164 valence electrons. The van der Waals surface area contributed by atoms with Crippen molar-refractivity contribution in [3.63, 3.8) is 0 Å². The molecule has 0 aromatic carbocycles. The van der Waals surface area contributed by atoms with Crippen LogP contribution < -0.4 is 0 Å². The molecule has 3 saturated carbocycles. The molecule has 0 aromatic heterocycles. The molecule has 29 heavy (non-hydrogen) atoms. The summed E-state index contributed by atoms with van der Waals surface area (Å²) >= 11 is 0. The van der Waals surface area contributed by atoms with Gasteiger partial charge in [-0.05, 0) is 62.2 Å². The molecule has 0 aromatic rings. The molecule has 0 heterocycles. The number of hydrogen-bond acceptors (Lipinski definition) is 5. The van der Waals surface area contributed by atoms with Crippen molar-refractivity contribution in [2.24, 2.45) is 28.1 Å². The lowest BCUT2D eigenvalue weighted by molar-refractivity contribution is -0.241. The van der Waals surface area contributed by atoms with Crippen LogP contribution in [0.2, 0.25) is 0 Å². The van der Waals surface area contributed by atoms with Crippen molar-refractivity contribution in [1.29, 1.82) is 0 Å². The second kappa shape index (κ2) is 7.72. The largest absolute Gasteiger partial charge is 0.469 e. The number of esters is 2. The van der Waals surface area contributed by atoms with Crippen LogP contribution in [0.25, 0.3) is 0 Å². The minimum atomic E-state index is -0.670. The van der Waals surface area contributed by atoms with Gasteiger partial charge in [-0.3, -0.25) is 9.59 Å². The van der Waals surface area contributed by atoms with Gasteiger partial charge in [0.2, 0.25) is 0 Å². The van der Waals surface area contributed by atoms with E-state index in [1.807, 2.05) is 0 Å². The van der Waals surface area contributed by atoms with E-state index in [1.54, 1.807) is 0 Å². The summed E-state index contributed by atoms with van der Waals surface area (Å²) in [6, 6.07) is 0. The second-order valence-corrected chi connectivity index (χ2v) is 10.7. The van der Waals surface area contributed by atoms with Crippen LogP contribution >= 0.6 is 0 Å². The molecule has 5 heteroatoms. The average Bonchev–Trinajstić information content (AvgIpc) is 2.68. The number of carbonyl (C=O) groups excluding carboxylic acids is 2. The highest BCUT2D eigenvalue weighted by Gasteiger charge is 2.64. The Bertz CT molecular complexity index is 674. The van der Waals surface area contributed by atoms with Gasteiger partial charge in [0.15, 0.2) is 0 Å². The molecular weight excluding hydrogens is 368 g/mol. The molecule has 3 rings (SSSR count). The van der Waals surface area contributed by atoms with Gasteiger partial charge in [-0.2, -0.15) is 0 Å². The number of methoxy groups -OCH3 is 1. The number of aliphatic hydroxyl groups is 1. The molecule has 0 radical (unpaired) electrons. The van der Waals surface area contributed by atoms with E-state index >= 15 is 0 Å². The van der Waals surface area contributed by atoms with Gasteiger partial charge in [-0.25, -0.2) is 0 Å². The third-order valence-electron chi connectivity index (χ3n) is 8.88. The lowest BCUT2D eigenvalue weighted by Gasteiger charge is -2.66. The van der Waals surface area contributed by atoms with Gasteiger partial charge in [0.25, 0.3) is 0 Å². The molecule has 0 spiro atoms. The zero-order valence-electron chi connectivity index (χ0n) is 18.6. The standard InChI is InChI=1S/C24H38O5/c1-6-21(2)12-13-24(27)17(15-21)8-9-18-22(3,10-7-11-23(18,24)4)16-29-20(26)14-19(25)28-5/h6,17-18,27H,1,7-16H2,2-5H3/t17-,18-,21+,22+,23-,24+/m0/s1. The number of rotatable bonds is 5. The summed E-state index contributed by atoms with van der Waals surface area (Å²) in [6.45, 7) is 11.1. The fourth-order valence-corrected chi connectivity index (χ4v) is 6.98. The summed E-state index contributed by atoms with van der Waals surface area (Å²) < 4.78 is 10.1. The maximum absolute atomic E-state index is 12.1. The molecule has 3 aliphatic rings. The topological polar surface area (TPSA) is 72.8 Å². The van der Waals surface area contributed by atoms with Crippen LogP contribution in [-0.4, -0.2) is 36.4 Å². The van der Waals surface area contributed by atoms with Crippen LogP contribution in [0.4, 0.5) is 0 Å². The highest BCUT2D eigenvalue weighted by molar-refractivity contribution is 5.91. The molecule has 0 amide bonds. The number of ether oxygens (including phenoxy) is 2. The molecule has 0 aliphatic heterocycles. The number of allylic oxidation sites excluding steroid dienone is 1. The smallest absolute Gasteiger partial charge is 0.317 e. The van der Waals surface area contributed by atoms with E-state index in [0.717, 1.165) is 51.4 Å². The fraction of sp³-hybridized carbons (Fsp3) is 0.833. The van der Waals surface area contributed by atoms with Crippen molar-refractivity contribution in [2.45, 2.75) is 84.2 Å². The van der Waals surface area contributed by atoms with Gasteiger partial charge in [0.1, 0.15) is 6.42 Å². The van der Waals surface area contributed by atoms with Gasteiger partial charge in [0.05, 0.1) is 19.3 Å². The minimum absolute atomic E-state index is 0.113. The van der Waals surface area contributed by atoms with Crippen LogP contribution in [0.1, 0.15) is 78.6 Å². The van der Waals surface area contributed by atoms with Crippen molar-refractivity contribution >= 4 is 11.9 Å². The van der Waals surface area contributed by atoms with E-state index < -0.39 is 17.5 Å². The summed E-state index contributed by atoms with van der Waals surface area (Å²) in [6.07, 6.45) is 9.57. The van der Waals surface area contributed by atoms with Crippen molar-refractivity contribution in [3.05, 3.63) is 12.7 Å². The third-order valence-corrected chi connectivity index (χ3v) is 8.88. The predicted molar refractivity (Wildman–Crippen MR) is 111 cm³/mol. The average molecular weight is 407 g/mol. The number of hydrogen-bond donors (Lipinski definition) is 1. The first kappa shape index (κ1) is 22.3. The molecule has 3 fully saturated rings. The molecular formula is C24H38O5. The second-order valence-electron chi connectivity index (χ2n) is 10.7. The Labute approximate surface area is 175 Å². The molecule has 0 saturated heterocycles. The highest BCUT2D eigenvalue weighted by atomic mass is 16.5. The third kappa shape index (κ3) is 3.75. The van der Waals surface area contributed by atoms with Crippen molar-refractivity contribution in [3.8, 4) is 0 Å². The Morgan fingerprint density at radius 1 is 1.10 bits per heavy atom. The molecule has 0 bridgehead atoms. The first-order valence-corrected chi connectivity index (χ1v) is 11.1. The van der Waals surface area contributed by atoms with Crippen LogP contribution in [0.15, 0.2) is 12.7 Å². The quantitative estimate of drug-likeness (QED) is 0.416. The van der Waals surface area contributed by atoms with Gasteiger partial charge >= 0.3 is 11.9 Å². The first-order chi connectivity index (χ1) is 13.5. The monoisotopic (exact) mass is 406 g/mol. The Morgan fingerprint density at radius 2 is 1.83 bits per heavy atom. The normalized spacial score (nSPS) is 44.2. The number of carbonyl (C=O) groups is 2. The van der Waals surface area contributed by atoms with Gasteiger partial charge < -0.3 is 14.6 Å². The van der Waals surface area contributed by atoms with Crippen molar-refractivity contribution in [1.82, 2.24) is 0 Å². The molecule has 5 nitrogen and oxygen atoms in total. The summed E-state index contributed by atoms with van der Waals surface area (Å²) in [4.78, 5) is 23.4. The fourth-order valence-electron chi connectivity index (χ4n) is 6.98. The van der Waals surface area contributed by atoms with Crippen molar-refractivity contribution in [2.75, 3.05) is 13.7 Å². The van der Waals surface area contributed by atoms with E-state index in [9.17, 15) is 14.7 Å². The van der Waals surface area contributed by atoms with Crippen LogP contribution in [0.5, 0.6) is 0 Å². The Morgan fingerprint density at radius 3 is 2.48 bits per heavy atom.